The van der Waals surface area contributed by atoms with E-state index < -0.39 is 5.82 Å². The van der Waals surface area contributed by atoms with Gasteiger partial charge in [-0.15, -0.1) is 0 Å². The summed E-state index contributed by atoms with van der Waals surface area (Å²) in [7, 11) is 1.68. The lowest BCUT2D eigenvalue weighted by atomic mass is 10.1. The summed E-state index contributed by atoms with van der Waals surface area (Å²) in [5.74, 6) is -0.804. The van der Waals surface area contributed by atoms with Gasteiger partial charge in [0.1, 0.15) is 11.6 Å². The van der Waals surface area contributed by atoms with E-state index in [0.717, 1.165) is 0 Å². The largest absolute Gasteiger partial charge is 0.368 e. The van der Waals surface area contributed by atoms with Crippen LogP contribution in [0.15, 0.2) is 42.5 Å². The van der Waals surface area contributed by atoms with Crippen molar-refractivity contribution in [3.63, 3.8) is 0 Å². The molecule has 0 atom stereocenters. The van der Waals surface area contributed by atoms with E-state index in [1.54, 1.807) is 30.1 Å². The third-order valence-electron chi connectivity index (χ3n) is 2.85. The summed E-state index contributed by atoms with van der Waals surface area (Å²) in [6.07, 6.45) is 0. The summed E-state index contributed by atoms with van der Waals surface area (Å²) in [5.41, 5.74) is 1.09. The Morgan fingerprint density at radius 2 is 1.84 bits per heavy atom. The number of halogens is 2. The first-order valence-corrected chi connectivity index (χ1v) is 5.76. The van der Waals surface area contributed by atoms with Crippen LogP contribution in [0.4, 0.5) is 14.5 Å². The lowest BCUT2D eigenvalue weighted by Crippen LogP contribution is -2.18. The van der Waals surface area contributed by atoms with Crippen molar-refractivity contribution in [2.24, 2.45) is 0 Å². The lowest BCUT2D eigenvalue weighted by Gasteiger charge is -2.20. The van der Waals surface area contributed by atoms with Crippen LogP contribution >= 0.6 is 0 Å². The van der Waals surface area contributed by atoms with Crippen molar-refractivity contribution in [1.82, 2.24) is 0 Å². The van der Waals surface area contributed by atoms with Crippen LogP contribution in [-0.2, 0) is 6.54 Å². The van der Waals surface area contributed by atoms with Crippen LogP contribution in [-0.4, -0.2) is 7.05 Å². The van der Waals surface area contributed by atoms with Gasteiger partial charge in [0.2, 0.25) is 0 Å². The molecule has 19 heavy (non-hydrogen) atoms. The van der Waals surface area contributed by atoms with Crippen molar-refractivity contribution in [3.8, 4) is 6.07 Å². The van der Waals surface area contributed by atoms with Gasteiger partial charge in [0.15, 0.2) is 0 Å². The first-order valence-electron chi connectivity index (χ1n) is 5.76. The summed E-state index contributed by atoms with van der Waals surface area (Å²) >= 11 is 0. The molecule has 0 saturated heterocycles. The highest BCUT2D eigenvalue weighted by atomic mass is 19.1. The smallest absolute Gasteiger partial charge is 0.147 e. The van der Waals surface area contributed by atoms with Crippen molar-refractivity contribution < 1.29 is 8.78 Å². The van der Waals surface area contributed by atoms with Gasteiger partial charge in [0, 0.05) is 19.2 Å². The Balaban J connectivity index is 2.24. The Kier molecular flexibility index (Phi) is 3.76. The Bertz CT molecular complexity index is 632. The molecule has 0 aliphatic carbocycles. The van der Waals surface area contributed by atoms with Crippen molar-refractivity contribution in [3.05, 3.63) is 65.2 Å². The zero-order valence-corrected chi connectivity index (χ0v) is 10.4. The highest BCUT2D eigenvalue weighted by molar-refractivity contribution is 5.51. The molecule has 2 rings (SSSR count). The highest BCUT2D eigenvalue weighted by Gasteiger charge is 2.10. The molecule has 0 heterocycles. The van der Waals surface area contributed by atoms with Gasteiger partial charge in [-0.25, -0.2) is 8.78 Å². The van der Waals surface area contributed by atoms with Crippen LogP contribution in [0.5, 0.6) is 0 Å². The monoisotopic (exact) mass is 258 g/mol. The molecule has 0 radical (unpaired) electrons. The number of rotatable bonds is 3. The Labute approximate surface area is 110 Å². The summed E-state index contributed by atoms with van der Waals surface area (Å²) in [6.45, 7) is 0.259. The minimum atomic E-state index is -0.488. The van der Waals surface area contributed by atoms with Gasteiger partial charge in [0.05, 0.1) is 17.3 Å². The van der Waals surface area contributed by atoms with Crippen molar-refractivity contribution >= 4 is 5.69 Å². The molecule has 0 spiro atoms. The van der Waals surface area contributed by atoms with Crippen LogP contribution in [0.3, 0.4) is 0 Å². The minimum Gasteiger partial charge on any atom is -0.368 e. The normalized spacial score (nSPS) is 10.0. The predicted octanol–water partition coefficient (Wildman–Crippen LogP) is 3.47. The second-order valence-electron chi connectivity index (χ2n) is 4.23. The van der Waals surface area contributed by atoms with Gasteiger partial charge in [-0.05, 0) is 24.3 Å². The fourth-order valence-electron chi connectivity index (χ4n) is 1.85. The fraction of sp³-hybridized carbons (Fsp3) is 0.133. The molecule has 4 heteroatoms. The number of nitrogens with zero attached hydrogens (tertiary/aromatic N) is 2. The van der Waals surface area contributed by atoms with Gasteiger partial charge in [0.25, 0.3) is 0 Å². The quantitative estimate of drug-likeness (QED) is 0.842. The number of benzene rings is 2. The molecule has 0 aliphatic heterocycles. The van der Waals surface area contributed by atoms with Gasteiger partial charge in [-0.3, -0.25) is 0 Å². The fourth-order valence-corrected chi connectivity index (χ4v) is 1.85. The van der Waals surface area contributed by atoms with E-state index in [0.29, 0.717) is 11.3 Å². The van der Waals surface area contributed by atoms with Gasteiger partial charge >= 0.3 is 0 Å². The van der Waals surface area contributed by atoms with Crippen LogP contribution in [0.25, 0.3) is 0 Å². The number of nitriles is 1. The molecular weight excluding hydrogens is 246 g/mol. The number of anilines is 1. The maximum atomic E-state index is 13.8. The first kappa shape index (κ1) is 13.0. The molecule has 0 fully saturated rings. The van der Waals surface area contributed by atoms with Crippen molar-refractivity contribution in [2.45, 2.75) is 6.54 Å². The van der Waals surface area contributed by atoms with E-state index in [1.807, 2.05) is 6.07 Å². The van der Waals surface area contributed by atoms with E-state index in [2.05, 4.69) is 0 Å². The van der Waals surface area contributed by atoms with Crippen LogP contribution < -0.4 is 4.90 Å². The second kappa shape index (κ2) is 5.49. The maximum Gasteiger partial charge on any atom is 0.147 e. The van der Waals surface area contributed by atoms with Crippen molar-refractivity contribution in [1.29, 1.82) is 5.26 Å². The van der Waals surface area contributed by atoms with Crippen molar-refractivity contribution in [2.75, 3.05) is 11.9 Å². The minimum absolute atomic E-state index is 0.259. The molecule has 2 aromatic rings. The average Bonchev–Trinajstić information content (AvgIpc) is 2.41. The second-order valence-corrected chi connectivity index (χ2v) is 4.23. The van der Waals surface area contributed by atoms with Gasteiger partial charge in [-0.1, -0.05) is 18.2 Å². The van der Waals surface area contributed by atoms with Gasteiger partial charge in [-0.2, -0.15) is 5.26 Å². The Hall–Kier alpha value is -2.41. The summed E-state index contributed by atoms with van der Waals surface area (Å²) in [6, 6.07) is 12.5. The van der Waals surface area contributed by atoms with Crippen LogP contribution in [0.1, 0.15) is 11.1 Å². The zero-order chi connectivity index (χ0) is 13.8. The molecule has 0 aromatic heterocycles. The molecule has 0 saturated carbocycles. The molecule has 0 unspecified atom stereocenters. The average molecular weight is 258 g/mol. The Morgan fingerprint density at radius 1 is 1.11 bits per heavy atom. The van der Waals surface area contributed by atoms with E-state index in [9.17, 15) is 8.78 Å². The molecule has 0 amide bonds. The first-order chi connectivity index (χ1) is 9.11. The van der Waals surface area contributed by atoms with Crippen LogP contribution in [0.2, 0.25) is 0 Å². The SMILES string of the molecule is CN(Cc1ccccc1F)c1ccc(C#N)cc1F. The molecule has 2 nitrogen and oxygen atoms in total. The van der Waals surface area contributed by atoms with E-state index >= 15 is 0 Å². The molecule has 0 aliphatic rings. The predicted molar refractivity (Wildman–Crippen MR) is 69.6 cm³/mol. The summed E-state index contributed by atoms with van der Waals surface area (Å²) in [4.78, 5) is 1.61. The molecular formula is C15H12F2N2. The van der Waals surface area contributed by atoms with E-state index in [-0.39, 0.29) is 17.9 Å². The summed E-state index contributed by atoms with van der Waals surface area (Å²) < 4.78 is 27.3. The lowest BCUT2D eigenvalue weighted by molar-refractivity contribution is 0.601. The Morgan fingerprint density at radius 3 is 2.47 bits per heavy atom. The number of hydrogen-bond acceptors (Lipinski definition) is 2. The standard InChI is InChI=1S/C15H12F2N2/c1-19(10-12-4-2-3-5-13(12)16)15-7-6-11(9-18)8-14(15)17/h2-8H,10H2,1H3. The van der Waals surface area contributed by atoms with Crippen LogP contribution in [0, 0.1) is 23.0 Å². The molecule has 0 N–H and O–H groups in total. The summed E-state index contributed by atoms with van der Waals surface area (Å²) in [5, 5.41) is 8.68. The highest BCUT2D eigenvalue weighted by Crippen LogP contribution is 2.21. The maximum absolute atomic E-state index is 13.8. The van der Waals surface area contributed by atoms with E-state index in [4.69, 9.17) is 5.26 Å². The molecule has 0 bridgehead atoms. The molecule has 2 aromatic carbocycles. The zero-order valence-electron chi connectivity index (χ0n) is 10.4. The number of hydrogen-bond donors (Lipinski definition) is 0. The van der Waals surface area contributed by atoms with Gasteiger partial charge < -0.3 is 4.90 Å². The van der Waals surface area contributed by atoms with E-state index in [1.165, 1.54) is 24.3 Å². The third-order valence-corrected chi connectivity index (χ3v) is 2.85. The topological polar surface area (TPSA) is 27.0 Å². The molecule has 96 valence electrons. The third kappa shape index (κ3) is 2.89.